The summed E-state index contributed by atoms with van der Waals surface area (Å²) in [7, 11) is 0. The third kappa shape index (κ3) is 2.28. The molecule has 0 aliphatic carbocycles. The fourth-order valence-electron chi connectivity index (χ4n) is 1.66. The topological polar surface area (TPSA) is 87.9 Å². The van der Waals surface area contributed by atoms with Gasteiger partial charge in [0.1, 0.15) is 17.9 Å². The van der Waals surface area contributed by atoms with Crippen molar-refractivity contribution in [1.29, 1.82) is 5.26 Å². The molecule has 5 heteroatoms. The number of oxazole rings is 1. The molecular formula is C13H14N4O. The lowest BCUT2D eigenvalue weighted by atomic mass is 10.1. The number of hydrogen-bond donors (Lipinski definition) is 2. The largest absolute Gasteiger partial charge is 0.444 e. The quantitative estimate of drug-likeness (QED) is 0.808. The molecule has 0 bridgehead atoms. The Kier molecular flexibility index (Phi) is 3.20. The maximum Gasteiger partial charge on any atom is 0.216 e. The molecule has 1 aromatic heterocycles. The van der Waals surface area contributed by atoms with Gasteiger partial charge in [0.25, 0.3) is 0 Å². The lowest BCUT2D eigenvalue weighted by Gasteiger charge is -2.14. The zero-order valence-electron chi connectivity index (χ0n) is 10.3. The van der Waals surface area contributed by atoms with E-state index in [4.69, 9.17) is 15.4 Å². The Morgan fingerprint density at radius 1 is 1.50 bits per heavy atom. The van der Waals surface area contributed by atoms with Gasteiger partial charge >= 0.3 is 0 Å². The maximum atomic E-state index is 8.91. The third-order valence-electron chi connectivity index (χ3n) is 2.61. The van der Waals surface area contributed by atoms with E-state index in [2.05, 4.69) is 10.3 Å². The summed E-state index contributed by atoms with van der Waals surface area (Å²) in [5.74, 6) is 1.35. The van der Waals surface area contributed by atoms with Gasteiger partial charge in [-0.15, -0.1) is 0 Å². The normalized spacial score (nSPS) is 11.8. The maximum absolute atomic E-state index is 8.91. The van der Waals surface area contributed by atoms with Gasteiger partial charge in [0.2, 0.25) is 5.89 Å². The molecule has 0 aliphatic rings. The van der Waals surface area contributed by atoms with Crippen molar-refractivity contribution in [2.75, 3.05) is 11.1 Å². The van der Waals surface area contributed by atoms with E-state index in [1.165, 1.54) is 0 Å². The molecule has 2 rings (SSSR count). The number of aromatic nitrogens is 1. The van der Waals surface area contributed by atoms with Crippen LogP contribution < -0.4 is 11.1 Å². The highest BCUT2D eigenvalue weighted by atomic mass is 16.4. The lowest BCUT2D eigenvalue weighted by molar-refractivity contribution is 0.454. The Balaban J connectivity index is 2.22. The summed E-state index contributed by atoms with van der Waals surface area (Å²) in [5, 5.41) is 12.1. The van der Waals surface area contributed by atoms with Crippen LogP contribution in [-0.4, -0.2) is 4.98 Å². The predicted molar refractivity (Wildman–Crippen MR) is 68.8 cm³/mol. The van der Waals surface area contributed by atoms with E-state index in [9.17, 15) is 0 Å². The highest BCUT2D eigenvalue weighted by molar-refractivity contribution is 5.73. The Labute approximate surface area is 105 Å². The monoisotopic (exact) mass is 242 g/mol. The average Bonchev–Trinajstić information content (AvgIpc) is 2.78. The Morgan fingerprint density at radius 2 is 2.28 bits per heavy atom. The van der Waals surface area contributed by atoms with Crippen LogP contribution in [0.1, 0.15) is 30.2 Å². The number of nitrogens with two attached hydrogens (primary N) is 1. The number of nitrogens with zero attached hydrogens (tertiary/aromatic N) is 2. The molecular weight excluding hydrogens is 228 g/mol. The first kappa shape index (κ1) is 12.0. The van der Waals surface area contributed by atoms with Crippen LogP contribution in [0.2, 0.25) is 0 Å². The second-order valence-electron chi connectivity index (χ2n) is 4.05. The molecule has 0 radical (unpaired) electrons. The van der Waals surface area contributed by atoms with Crippen LogP contribution in [0.15, 0.2) is 28.8 Å². The number of para-hydroxylation sites is 1. The molecule has 1 unspecified atom stereocenters. The molecule has 0 saturated carbocycles. The average molecular weight is 242 g/mol. The summed E-state index contributed by atoms with van der Waals surface area (Å²) in [5.41, 5.74) is 7.49. The van der Waals surface area contributed by atoms with Gasteiger partial charge in [0, 0.05) is 0 Å². The summed E-state index contributed by atoms with van der Waals surface area (Å²) in [6.07, 6.45) is 1.67. The van der Waals surface area contributed by atoms with Gasteiger partial charge in [-0.25, -0.2) is 4.98 Å². The number of nitriles is 1. The first-order valence-corrected chi connectivity index (χ1v) is 5.59. The Hall–Kier alpha value is -2.48. The van der Waals surface area contributed by atoms with Gasteiger partial charge in [0.15, 0.2) is 0 Å². The van der Waals surface area contributed by atoms with Gasteiger partial charge in [-0.1, -0.05) is 6.07 Å². The molecule has 0 fully saturated rings. The smallest absolute Gasteiger partial charge is 0.216 e. The molecule has 1 heterocycles. The Morgan fingerprint density at radius 3 is 2.89 bits per heavy atom. The molecule has 1 atom stereocenters. The van der Waals surface area contributed by atoms with E-state index in [0.717, 1.165) is 5.76 Å². The van der Waals surface area contributed by atoms with Crippen molar-refractivity contribution in [3.05, 3.63) is 41.6 Å². The minimum absolute atomic E-state index is 0.116. The van der Waals surface area contributed by atoms with E-state index in [0.29, 0.717) is 22.8 Å². The van der Waals surface area contributed by atoms with E-state index >= 15 is 0 Å². The number of nitrogens with one attached hydrogen (secondary N) is 1. The van der Waals surface area contributed by atoms with Gasteiger partial charge in [-0.3, -0.25) is 0 Å². The highest BCUT2D eigenvalue weighted by Gasteiger charge is 2.13. The number of anilines is 2. The summed E-state index contributed by atoms with van der Waals surface area (Å²) in [4.78, 5) is 4.15. The molecule has 3 N–H and O–H groups in total. The molecule has 2 aromatic rings. The lowest BCUT2D eigenvalue weighted by Crippen LogP contribution is -2.09. The summed E-state index contributed by atoms with van der Waals surface area (Å²) in [6, 6.07) is 7.22. The molecule has 5 nitrogen and oxygen atoms in total. The fourth-order valence-corrected chi connectivity index (χ4v) is 1.66. The van der Waals surface area contributed by atoms with Crippen molar-refractivity contribution in [2.24, 2.45) is 0 Å². The molecule has 0 saturated heterocycles. The van der Waals surface area contributed by atoms with Crippen LogP contribution in [0.4, 0.5) is 11.4 Å². The second-order valence-corrected chi connectivity index (χ2v) is 4.05. The molecule has 92 valence electrons. The highest BCUT2D eigenvalue weighted by Crippen LogP contribution is 2.26. The van der Waals surface area contributed by atoms with Crippen LogP contribution in [0.25, 0.3) is 0 Å². The number of benzene rings is 1. The molecule has 0 amide bonds. The van der Waals surface area contributed by atoms with Crippen LogP contribution in [0.5, 0.6) is 0 Å². The molecule has 18 heavy (non-hydrogen) atoms. The summed E-state index contributed by atoms with van der Waals surface area (Å²) in [6.45, 7) is 3.76. The first-order valence-electron chi connectivity index (χ1n) is 5.59. The Bertz CT molecular complexity index is 597. The number of aryl methyl sites for hydroxylation is 1. The number of nitrogen functional groups attached to an aromatic ring is 1. The minimum Gasteiger partial charge on any atom is -0.444 e. The van der Waals surface area contributed by atoms with Crippen LogP contribution in [0.3, 0.4) is 0 Å². The zero-order valence-corrected chi connectivity index (χ0v) is 10.3. The van der Waals surface area contributed by atoms with E-state index in [1.807, 2.05) is 26.0 Å². The standard InChI is InChI=1S/C13H14N4O/c1-8-7-16-13(18-8)9(2)17-11-5-3-4-10(6-14)12(11)15/h3-5,7,9,17H,15H2,1-2H3. The van der Waals surface area contributed by atoms with Gasteiger partial charge < -0.3 is 15.5 Å². The molecule has 1 aromatic carbocycles. The van der Waals surface area contributed by atoms with Crippen LogP contribution in [0, 0.1) is 18.3 Å². The summed E-state index contributed by atoms with van der Waals surface area (Å²) >= 11 is 0. The first-order chi connectivity index (χ1) is 8.61. The minimum atomic E-state index is -0.116. The van der Waals surface area contributed by atoms with Crippen LogP contribution in [-0.2, 0) is 0 Å². The van der Waals surface area contributed by atoms with Gasteiger partial charge in [-0.05, 0) is 26.0 Å². The van der Waals surface area contributed by atoms with E-state index < -0.39 is 0 Å². The predicted octanol–water partition coefficient (Wildman–Crippen LogP) is 2.61. The van der Waals surface area contributed by atoms with Crippen molar-refractivity contribution in [3.63, 3.8) is 0 Å². The third-order valence-corrected chi connectivity index (χ3v) is 2.61. The molecule has 0 spiro atoms. The van der Waals surface area contributed by atoms with Crippen molar-refractivity contribution in [1.82, 2.24) is 4.98 Å². The van der Waals surface area contributed by atoms with Crippen LogP contribution >= 0.6 is 0 Å². The van der Waals surface area contributed by atoms with Gasteiger partial charge in [-0.2, -0.15) is 5.26 Å². The van der Waals surface area contributed by atoms with E-state index in [1.54, 1.807) is 18.3 Å². The second kappa shape index (κ2) is 4.80. The van der Waals surface area contributed by atoms with Crippen molar-refractivity contribution >= 4 is 11.4 Å². The summed E-state index contributed by atoms with van der Waals surface area (Å²) < 4.78 is 5.43. The van der Waals surface area contributed by atoms with Crippen molar-refractivity contribution in [2.45, 2.75) is 19.9 Å². The number of rotatable bonds is 3. The number of hydrogen-bond acceptors (Lipinski definition) is 5. The van der Waals surface area contributed by atoms with Crippen molar-refractivity contribution < 1.29 is 4.42 Å². The van der Waals surface area contributed by atoms with Crippen molar-refractivity contribution in [3.8, 4) is 6.07 Å². The van der Waals surface area contributed by atoms with Gasteiger partial charge in [0.05, 0.1) is 23.1 Å². The zero-order chi connectivity index (χ0) is 13.1. The fraction of sp³-hybridized carbons (Fsp3) is 0.231. The SMILES string of the molecule is Cc1cnc(C(C)Nc2cccc(C#N)c2N)o1. The molecule has 0 aliphatic heterocycles. The van der Waals surface area contributed by atoms with E-state index in [-0.39, 0.29) is 6.04 Å².